The normalized spacial score (nSPS) is 10.5. The first-order valence-corrected chi connectivity index (χ1v) is 5.41. The minimum absolute atomic E-state index is 0.0403. The molecule has 88 valence electrons. The van der Waals surface area contributed by atoms with Gasteiger partial charge in [0.25, 0.3) is 0 Å². The summed E-state index contributed by atoms with van der Waals surface area (Å²) in [6, 6.07) is 4.20. The van der Waals surface area contributed by atoms with Gasteiger partial charge in [0.2, 0.25) is 0 Å². The van der Waals surface area contributed by atoms with Gasteiger partial charge in [-0.25, -0.2) is 4.39 Å². The van der Waals surface area contributed by atoms with Crippen molar-refractivity contribution in [2.45, 2.75) is 13.5 Å². The molecule has 1 aromatic heterocycles. The van der Waals surface area contributed by atoms with Crippen molar-refractivity contribution in [3.8, 4) is 0 Å². The second kappa shape index (κ2) is 4.67. The minimum Gasteiger partial charge on any atom is -0.294 e. The van der Waals surface area contributed by atoms with Crippen LogP contribution in [-0.2, 0) is 6.54 Å². The van der Waals surface area contributed by atoms with Crippen molar-refractivity contribution in [2.24, 2.45) is 0 Å². The zero-order chi connectivity index (χ0) is 12.4. The first-order valence-electron chi connectivity index (χ1n) is 5.03. The molecule has 17 heavy (non-hydrogen) atoms. The van der Waals surface area contributed by atoms with Gasteiger partial charge in [-0.1, -0.05) is 17.7 Å². The quantitative estimate of drug-likeness (QED) is 0.788. The van der Waals surface area contributed by atoms with Crippen molar-refractivity contribution in [3.05, 3.63) is 52.6 Å². The van der Waals surface area contributed by atoms with Crippen molar-refractivity contribution in [1.29, 1.82) is 0 Å². The summed E-state index contributed by atoms with van der Waals surface area (Å²) in [6.07, 6.45) is 3.14. The molecule has 0 saturated heterocycles. The van der Waals surface area contributed by atoms with Gasteiger partial charge in [0.15, 0.2) is 5.78 Å². The second-order valence-electron chi connectivity index (χ2n) is 3.72. The summed E-state index contributed by atoms with van der Waals surface area (Å²) in [4.78, 5) is 11.1. The van der Waals surface area contributed by atoms with Crippen LogP contribution >= 0.6 is 11.6 Å². The number of hydrogen-bond donors (Lipinski definition) is 0. The Morgan fingerprint density at radius 2 is 2.29 bits per heavy atom. The van der Waals surface area contributed by atoms with Crippen molar-refractivity contribution >= 4 is 17.4 Å². The van der Waals surface area contributed by atoms with Crippen LogP contribution < -0.4 is 0 Å². The fourth-order valence-corrected chi connectivity index (χ4v) is 1.68. The van der Waals surface area contributed by atoms with E-state index >= 15 is 0 Å². The highest BCUT2D eigenvalue weighted by Crippen LogP contribution is 2.18. The van der Waals surface area contributed by atoms with Crippen LogP contribution in [0.4, 0.5) is 4.39 Å². The predicted molar refractivity (Wildman–Crippen MR) is 62.7 cm³/mol. The Bertz CT molecular complexity index is 565. The number of aromatic nitrogens is 2. The summed E-state index contributed by atoms with van der Waals surface area (Å²) in [5.74, 6) is -0.412. The summed E-state index contributed by atoms with van der Waals surface area (Å²) in [6.45, 7) is 1.89. The monoisotopic (exact) mass is 252 g/mol. The Balaban J connectivity index is 2.22. The summed E-state index contributed by atoms with van der Waals surface area (Å²) in [5, 5.41) is 4.39. The molecule has 2 aromatic rings. The average Bonchev–Trinajstić information content (AvgIpc) is 2.71. The highest BCUT2D eigenvalue weighted by molar-refractivity contribution is 6.31. The predicted octanol–water partition coefficient (Wildman–Crippen LogP) is 2.93. The van der Waals surface area contributed by atoms with E-state index in [1.54, 1.807) is 16.9 Å². The maximum atomic E-state index is 12.8. The molecule has 0 spiro atoms. The maximum Gasteiger partial charge on any atom is 0.162 e. The Labute approximate surface area is 103 Å². The zero-order valence-electron chi connectivity index (χ0n) is 9.15. The van der Waals surface area contributed by atoms with Crippen LogP contribution in [0.5, 0.6) is 0 Å². The molecular formula is C12H10ClFN2O. The molecule has 3 nitrogen and oxygen atoms in total. The lowest BCUT2D eigenvalue weighted by Gasteiger charge is -2.04. The number of benzene rings is 1. The smallest absolute Gasteiger partial charge is 0.162 e. The lowest BCUT2D eigenvalue weighted by molar-refractivity contribution is 0.101. The van der Waals surface area contributed by atoms with Crippen LogP contribution in [0.1, 0.15) is 22.8 Å². The highest BCUT2D eigenvalue weighted by atomic mass is 35.5. The number of rotatable bonds is 3. The van der Waals surface area contributed by atoms with Gasteiger partial charge >= 0.3 is 0 Å². The molecule has 0 aliphatic heterocycles. The summed E-state index contributed by atoms with van der Waals surface area (Å²) >= 11 is 5.90. The van der Waals surface area contributed by atoms with Crippen LogP contribution in [0.2, 0.25) is 5.02 Å². The molecule has 1 heterocycles. The molecule has 0 N–H and O–H groups in total. The van der Waals surface area contributed by atoms with Crippen molar-refractivity contribution in [2.75, 3.05) is 0 Å². The van der Waals surface area contributed by atoms with Gasteiger partial charge in [-0.05, 0) is 24.6 Å². The third kappa shape index (κ3) is 2.71. The first-order chi connectivity index (χ1) is 8.06. The fraction of sp³-hybridized carbons (Fsp3) is 0.167. The van der Waals surface area contributed by atoms with E-state index in [1.807, 2.05) is 0 Å². The Kier molecular flexibility index (Phi) is 3.24. The molecule has 0 aliphatic rings. The SMILES string of the molecule is CC(=O)c1cnn(Cc2ccc(F)cc2Cl)c1. The van der Waals surface area contributed by atoms with E-state index in [0.717, 1.165) is 5.56 Å². The third-order valence-corrected chi connectivity index (χ3v) is 2.74. The topological polar surface area (TPSA) is 34.9 Å². The van der Waals surface area contributed by atoms with Crippen LogP contribution in [0.25, 0.3) is 0 Å². The summed E-state index contributed by atoms with van der Waals surface area (Å²) in [5.41, 5.74) is 1.30. The van der Waals surface area contributed by atoms with E-state index < -0.39 is 0 Å². The Morgan fingerprint density at radius 3 is 2.88 bits per heavy atom. The van der Waals surface area contributed by atoms with E-state index in [4.69, 9.17) is 11.6 Å². The minimum atomic E-state index is -0.372. The molecular weight excluding hydrogens is 243 g/mol. The van der Waals surface area contributed by atoms with E-state index in [2.05, 4.69) is 5.10 Å². The van der Waals surface area contributed by atoms with Crippen molar-refractivity contribution in [3.63, 3.8) is 0 Å². The Hall–Kier alpha value is -1.68. The molecule has 0 saturated carbocycles. The van der Waals surface area contributed by atoms with Crippen molar-refractivity contribution in [1.82, 2.24) is 9.78 Å². The molecule has 0 atom stereocenters. The molecule has 5 heteroatoms. The second-order valence-corrected chi connectivity index (χ2v) is 4.13. The molecule has 0 radical (unpaired) electrons. The number of carbonyl (C=O) groups excluding carboxylic acids is 1. The molecule has 0 fully saturated rings. The Morgan fingerprint density at radius 1 is 1.53 bits per heavy atom. The zero-order valence-corrected chi connectivity index (χ0v) is 9.91. The molecule has 0 unspecified atom stereocenters. The molecule has 1 aromatic carbocycles. The fourth-order valence-electron chi connectivity index (χ4n) is 1.46. The lowest BCUT2D eigenvalue weighted by Crippen LogP contribution is -2.01. The van der Waals surface area contributed by atoms with Gasteiger partial charge in [0, 0.05) is 11.2 Å². The van der Waals surface area contributed by atoms with Gasteiger partial charge in [0.05, 0.1) is 18.3 Å². The van der Waals surface area contributed by atoms with Gasteiger partial charge < -0.3 is 0 Å². The number of ketones is 1. The van der Waals surface area contributed by atoms with Crippen LogP contribution in [-0.4, -0.2) is 15.6 Å². The first kappa shape index (κ1) is 11.8. The molecule has 0 amide bonds. The van der Waals surface area contributed by atoms with E-state index in [9.17, 15) is 9.18 Å². The van der Waals surface area contributed by atoms with E-state index in [-0.39, 0.29) is 11.6 Å². The average molecular weight is 253 g/mol. The number of nitrogens with zero attached hydrogens (tertiary/aromatic N) is 2. The van der Waals surface area contributed by atoms with Gasteiger partial charge in [-0.2, -0.15) is 5.10 Å². The number of halogens is 2. The molecule has 2 rings (SSSR count). The maximum absolute atomic E-state index is 12.8. The molecule has 0 aliphatic carbocycles. The standard InChI is InChI=1S/C12H10ClFN2O/c1-8(17)10-5-15-16(7-10)6-9-2-3-11(14)4-12(9)13/h2-5,7H,6H2,1H3. The van der Waals surface area contributed by atoms with Crippen LogP contribution in [0, 0.1) is 5.82 Å². The molecule has 0 bridgehead atoms. The summed E-state index contributed by atoms with van der Waals surface area (Å²) < 4.78 is 14.4. The number of Topliss-reactive ketones (excluding diaryl/α,β-unsaturated/α-hetero) is 1. The van der Waals surface area contributed by atoms with Gasteiger partial charge in [-0.3, -0.25) is 9.48 Å². The number of hydrogen-bond acceptors (Lipinski definition) is 2. The van der Waals surface area contributed by atoms with E-state index in [0.29, 0.717) is 17.1 Å². The van der Waals surface area contributed by atoms with Crippen molar-refractivity contribution < 1.29 is 9.18 Å². The third-order valence-electron chi connectivity index (χ3n) is 2.39. The van der Waals surface area contributed by atoms with Gasteiger partial charge in [-0.15, -0.1) is 0 Å². The largest absolute Gasteiger partial charge is 0.294 e. The van der Waals surface area contributed by atoms with E-state index in [1.165, 1.54) is 25.3 Å². The van der Waals surface area contributed by atoms with Gasteiger partial charge in [0.1, 0.15) is 5.82 Å². The van der Waals surface area contributed by atoms with Crippen LogP contribution in [0.3, 0.4) is 0 Å². The lowest BCUT2D eigenvalue weighted by atomic mass is 10.2. The summed E-state index contributed by atoms with van der Waals surface area (Å²) in [7, 11) is 0. The van der Waals surface area contributed by atoms with Crippen LogP contribution in [0.15, 0.2) is 30.6 Å². The highest BCUT2D eigenvalue weighted by Gasteiger charge is 2.06. The number of carbonyl (C=O) groups is 1.